The van der Waals surface area contributed by atoms with Crippen molar-refractivity contribution in [2.24, 2.45) is 0 Å². The SMILES string of the molecule is O=S(=O)(Nc1ncns1)c1ccc2c(c1)CCC[C@H]2N1CCCC[C@H]1c1ccccc1. The predicted octanol–water partition coefficient (Wildman–Crippen LogP) is 4.94. The fourth-order valence-electron chi connectivity index (χ4n) is 5.03. The summed E-state index contributed by atoms with van der Waals surface area (Å²) in [7, 11) is -3.67. The molecule has 0 spiro atoms. The second-order valence-electron chi connectivity index (χ2n) is 8.28. The Bertz CT molecular complexity index is 1130. The summed E-state index contributed by atoms with van der Waals surface area (Å²) in [5.41, 5.74) is 3.81. The van der Waals surface area contributed by atoms with Crippen LogP contribution in [0.5, 0.6) is 0 Å². The van der Waals surface area contributed by atoms with E-state index in [4.69, 9.17) is 0 Å². The molecule has 0 bridgehead atoms. The molecular weight excluding hydrogens is 428 g/mol. The highest BCUT2D eigenvalue weighted by Crippen LogP contribution is 2.43. The molecule has 162 valence electrons. The zero-order valence-electron chi connectivity index (χ0n) is 17.3. The molecule has 2 aliphatic rings. The quantitative estimate of drug-likeness (QED) is 0.591. The van der Waals surface area contributed by atoms with Gasteiger partial charge in [0.2, 0.25) is 5.13 Å². The van der Waals surface area contributed by atoms with E-state index in [0.717, 1.165) is 42.9 Å². The zero-order valence-corrected chi connectivity index (χ0v) is 18.9. The zero-order chi connectivity index (χ0) is 21.3. The number of nitrogens with one attached hydrogen (secondary N) is 1. The summed E-state index contributed by atoms with van der Waals surface area (Å²) in [6.07, 6.45) is 8.10. The van der Waals surface area contributed by atoms with Gasteiger partial charge < -0.3 is 0 Å². The van der Waals surface area contributed by atoms with Crippen LogP contribution in [-0.4, -0.2) is 29.2 Å². The fourth-order valence-corrected chi connectivity index (χ4v) is 6.74. The summed E-state index contributed by atoms with van der Waals surface area (Å²) in [6, 6.07) is 17.2. The summed E-state index contributed by atoms with van der Waals surface area (Å²) in [6.45, 7) is 1.09. The molecule has 1 aliphatic carbocycles. The first-order valence-electron chi connectivity index (χ1n) is 10.8. The average molecular weight is 455 g/mol. The van der Waals surface area contributed by atoms with Crippen LogP contribution in [0.25, 0.3) is 0 Å². The Morgan fingerprint density at radius 2 is 1.84 bits per heavy atom. The smallest absolute Gasteiger partial charge is 0.263 e. The van der Waals surface area contributed by atoms with Gasteiger partial charge in [0, 0.05) is 23.6 Å². The van der Waals surface area contributed by atoms with Crippen LogP contribution in [0.15, 0.2) is 59.8 Å². The van der Waals surface area contributed by atoms with Crippen LogP contribution in [0.4, 0.5) is 5.13 Å². The maximum Gasteiger partial charge on any atom is 0.263 e. The molecule has 2 heterocycles. The molecule has 0 unspecified atom stereocenters. The number of likely N-dealkylation sites (tertiary alicyclic amines) is 1. The summed E-state index contributed by atoms with van der Waals surface area (Å²) >= 11 is 1.03. The van der Waals surface area contributed by atoms with Gasteiger partial charge in [-0.2, -0.15) is 4.37 Å². The molecule has 8 heteroatoms. The Kier molecular flexibility index (Phi) is 5.77. The minimum Gasteiger partial charge on any atom is -0.289 e. The largest absolute Gasteiger partial charge is 0.289 e. The fraction of sp³-hybridized carbons (Fsp3) is 0.391. The van der Waals surface area contributed by atoms with Crippen LogP contribution in [0.3, 0.4) is 0 Å². The highest BCUT2D eigenvalue weighted by Gasteiger charge is 2.33. The van der Waals surface area contributed by atoms with Crippen LogP contribution in [0.2, 0.25) is 0 Å². The van der Waals surface area contributed by atoms with Gasteiger partial charge in [-0.25, -0.2) is 13.4 Å². The van der Waals surface area contributed by atoms with Gasteiger partial charge in [0.25, 0.3) is 10.0 Å². The van der Waals surface area contributed by atoms with Gasteiger partial charge in [0.05, 0.1) is 4.90 Å². The lowest BCUT2D eigenvalue weighted by Crippen LogP contribution is -2.38. The lowest BCUT2D eigenvalue weighted by molar-refractivity contribution is 0.0835. The number of hydrogen-bond acceptors (Lipinski definition) is 6. The van der Waals surface area contributed by atoms with Crippen molar-refractivity contribution < 1.29 is 8.42 Å². The van der Waals surface area contributed by atoms with Gasteiger partial charge >= 0.3 is 0 Å². The topological polar surface area (TPSA) is 75.2 Å². The van der Waals surface area contributed by atoms with Crippen molar-refractivity contribution in [1.82, 2.24) is 14.3 Å². The number of sulfonamides is 1. The van der Waals surface area contributed by atoms with Gasteiger partial charge in [0.1, 0.15) is 6.33 Å². The number of aromatic nitrogens is 2. The van der Waals surface area contributed by atoms with Crippen LogP contribution in [-0.2, 0) is 16.4 Å². The van der Waals surface area contributed by atoms with Gasteiger partial charge in [0.15, 0.2) is 0 Å². The van der Waals surface area contributed by atoms with Crippen molar-refractivity contribution in [2.45, 2.75) is 55.5 Å². The Labute approximate surface area is 187 Å². The lowest BCUT2D eigenvalue weighted by atomic mass is 9.83. The van der Waals surface area contributed by atoms with E-state index in [1.807, 2.05) is 12.1 Å². The van der Waals surface area contributed by atoms with Crippen molar-refractivity contribution >= 4 is 26.7 Å². The maximum absolute atomic E-state index is 12.8. The molecule has 0 amide bonds. The normalized spacial score (nSPS) is 22.1. The molecule has 1 aromatic heterocycles. The van der Waals surface area contributed by atoms with E-state index < -0.39 is 10.0 Å². The summed E-state index contributed by atoms with van der Waals surface area (Å²) in [4.78, 5) is 6.88. The first-order chi connectivity index (χ1) is 15.1. The Morgan fingerprint density at radius 3 is 2.65 bits per heavy atom. The molecule has 0 radical (unpaired) electrons. The molecule has 2 aromatic carbocycles. The van der Waals surface area contributed by atoms with Gasteiger partial charge in [-0.15, -0.1) is 0 Å². The summed E-state index contributed by atoms with van der Waals surface area (Å²) < 4.78 is 32.0. The van der Waals surface area contributed by atoms with E-state index in [1.54, 1.807) is 6.07 Å². The molecular formula is C23H26N4O2S2. The number of hydrogen-bond donors (Lipinski definition) is 1. The van der Waals surface area contributed by atoms with Gasteiger partial charge in [-0.1, -0.05) is 42.8 Å². The second-order valence-corrected chi connectivity index (χ2v) is 10.7. The first-order valence-corrected chi connectivity index (χ1v) is 13.1. The molecule has 6 nitrogen and oxygen atoms in total. The van der Waals surface area contributed by atoms with E-state index in [2.05, 4.69) is 49.3 Å². The molecule has 2 atom stereocenters. The van der Waals surface area contributed by atoms with Crippen LogP contribution >= 0.6 is 11.5 Å². The summed E-state index contributed by atoms with van der Waals surface area (Å²) in [5.74, 6) is 0. The molecule has 31 heavy (non-hydrogen) atoms. The van der Waals surface area contributed by atoms with E-state index in [1.165, 1.54) is 36.7 Å². The average Bonchev–Trinajstić information content (AvgIpc) is 3.31. The number of fused-ring (bicyclic) bond motifs is 1. The molecule has 1 fully saturated rings. The minimum atomic E-state index is -3.67. The van der Waals surface area contributed by atoms with E-state index in [9.17, 15) is 8.42 Å². The van der Waals surface area contributed by atoms with Gasteiger partial charge in [-0.3, -0.25) is 9.62 Å². The van der Waals surface area contributed by atoms with Crippen molar-refractivity contribution in [3.63, 3.8) is 0 Å². The number of nitrogens with zero attached hydrogens (tertiary/aromatic N) is 3. The van der Waals surface area contributed by atoms with Crippen molar-refractivity contribution in [3.05, 3.63) is 71.5 Å². The molecule has 0 saturated carbocycles. The maximum atomic E-state index is 12.8. The standard InChI is InChI=1S/C23H26N4O2S2/c28-31(29,26-23-24-16-25-30-23)19-12-13-20-18(15-19)9-6-11-22(20)27-14-5-4-10-21(27)17-7-2-1-3-8-17/h1-3,7-8,12-13,15-16,21-22H,4-6,9-11,14H2,(H,24,25,26)/t21-,22+/m0/s1. The Hall–Kier alpha value is -2.29. The number of rotatable bonds is 5. The lowest BCUT2D eigenvalue weighted by Gasteiger charge is -2.44. The molecule has 3 aromatic rings. The number of anilines is 1. The minimum absolute atomic E-state index is 0.287. The van der Waals surface area contributed by atoms with Crippen molar-refractivity contribution in [3.8, 4) is 0 Å². The van der Waals surface area contributed by atoms with E-state index in [-0.39, 0.29) is 5.13 Å². The highest BCUT2D eigenvalue weighted by molar-refractivity contribution is 7.93. The second kappa shape index (κ2) is 8.68. The van der Waals surface area contributed by atoms with Crippen LogP contribution in [0, 0.1) is 0 Å². The molecule has 5 rings (SSSR count). The third-order valence-electron chi connectivity index (χ3n) is 6.42. The van der Waals surface area contributed by atoms with Gasteiger partial charge in [-0.05, 0) is 67.5 Å². The molecule has 1 saturated heterocycles. The summed E-state index contributed by atoms with van der Waals surface area (Å²) in [5, 5.41) is 0.287. The Morgan fingerprint density at radius 1 is 1.00 bits per heavy atom. The van der Waals surface area contributed by atoms with Crippen molar-refractivity contribution in [2.75, 3.05) is 11.3 Å². The number of piperidine rings is 1. The first kappa shape index (κ1) is 20.6. The van der Waals surface area contributed by atoms with E-state index in [0.29, 0.717) is 17.0 Å². The number of aryl methyl sites for hydroxylation is 1. The monoisotopic (exact) mass is 454 g/mol. The predicted molar refractivity (Wildman–Crippen MR) is 123 cm³/mol. The van der Waals surface area contributed by atoms with E-state index >= 15 is 0 Å². The highest BCUT2D eigenvalue weighted by atomic mass is 32.2. The Balaban J connectivity index is 1.45. The third-order valence-corrected chi connectivity index (χ3v) is 8.47. The molecule has 1 N–H and O–H groups in total. The van der Waals surface area contributed by atoms with Crippen LogP contribution in [0.1, 0.15) is 60.9 Å². The third kappa shape index (κ3) is 4.24. The molecule has 1 aliphatic heterocycles. The number of benzene rings is 2. The van der Waals surface area contributed by atoms with Crippen molar-refractivity contribution in [1.29, 1.82) is 0 Å². The van der Waals surface area contributed by atoms with Crippen LogP contribution < -0.4 is 4.72 Å².